The number of halogens is 1. The number of nitrogens with zero attached hydrogens (tertiary/aromatic N) is 3. The van der Waals surface area contributed by atoms with Gasteiger partial charge in [-0.05, 0) is 45.0 Å². The fourth-order valence-corrected chi connectivity index (χ4v) is 2.57. The Balaban J connectivity index is 0.00000200. The summed E-state index contributed by atoms with van der Waals surface area (Å²) < 4.78 is 0. The van der Waals surface area contributed by atoms with Crippen molar-refractivity contribution in [3.05, 3.63) is 23.9 Å². The Morgan fingerprint density at radius 3 is 2.60 bits per heavy atom. The first-order chi connectivity index (χ1) is 9.06. The first kappa shape index (κ1) is 16.7. The summed E-state index contributed by atoms with van der Waals surface area (Å²) in [4.78, 5) is 20.5. The van der Waals surface area contributed by atoms with Crippen LogP contribution in [0.4, 0.5) is 5.82 Å². The zero-order chi connectivity index (χ0) is 13.8. The largest absolute Gasteiger partial charge is 0.384 e. The third kappa shape index (κ3) is 4.35. The smallest absolute Gasteiger partial charge is 0.272 e. The van der Waals surface area contributed by atoms with Crippen molar-refractivity contribution in [3.8, 4) is 0 Å². The molecule has 0 atom stereocenters. The second kappa shape index (κ2) is 7.45. The topological polar surface area (TPSA) is 62.5 Å². The molecule has 5 nitrogen and oxygen atoms in total. The van der Waals surface area contributed by atoms with Crippen LogP contribution in [0.2, 0.25) is 0 Å². The summed E-state index contributed by atoms with van der Waals surface area (Å²) in [6.07, 6.45) is 2.12. The molecule has 2 N–H and O–H groups in total. The monoisotopic (exact) mass is 298 g/mol. The molecule has 20 heavy (non-hydrogen) atoms. The predicted octanol–water partition coefficient (Wildman–Crippen LogP) is 1.50. The molecule has 0 spiro atoms. The van der Waals surface area contributed by atoms with E-state index in [9.17, 15) is 4.79 Å². The second-order valence-electron chi connectivity index (χ2n) is 5.45. The van der Waals surface area contributed by atoms with Gasteiger partial charge < -0.3 is 15.5 Å². The number of carbonyl (C=O) groups is 1. The molecule has 112 valence electrons. The van der Waals surface area contributed by atoms with Gasteiger partial charge in [-0.15, -0.1) is 12.4 Å². The zero-order valence-electron chi connectivity index (χ0n) is 12.1. The molecule has 0 saturated carbocycles. The highest BCUT2D eigenvalue weighted by Crippen LogP contribution is 2.19. The number of hydrogen-bond acceptors (Lipinski definition) is 4. The molecule has 0 aromatic carbocycles. The van der Waals surface area contributed by atoms with E-state index < -0.39 is 0 Å². The van der Waals surface area contributed by atoms with Gasteiger partial charge in [0.2, 0.25) is 0 Å². The maximum Gasteiger partial charge on any atom is 0.272 e. The maximum absolute atomic E-state index is 12.3. The van der Waals surface area contributed by atoms with E-state index in [4.69, 9.17) is 5.73 Å². The van der Waals surface area contributed by atoms with Gasteiger partial charge in [-0.1, -0.05) is 6.07 Å². The lowest BCUT2D eigenvalue weighted by Gasteiger charge is -2.33. The molecule has 0 radical (unpaired) electrons. The van der Waals surface area contributed by atoms with Crippen LogP contribution in [0.3, 0.4) is 0 Å². The van der Waals surface area contributed by atoms with Crippen molar-refractivity contribution in [2.75, 3.05) is 39.5 Å². The van der Waals surface area contributed by atoms with Crippen LogP contribution >= 0.6 is 12.4 Å². The van der Waals surface area contributed by atoms with Crippen molar-refractivity contribution >= 4 is 24.1 Å². The highest BCUT2D eigenvalue weighted by molar-refractivity contribution is 5.92. The highest BCUT2D eigenvalue weighted by Gasteiger charge is 2.24. The Morgan fingerprint density at radius 1 is 1.40 bits per heavy atom. The Kier molecular flexibility index (Phi) is 6.23. The fourth-order valence-electron chi connectivity index (χ4n) is 2.57. The Labute approximate surface area is 126 Å². The fraction of sp³-hybridized carbons (Fsp3) is 0.571. The number of likely N-dealkylation sites (tertiary alicyclic amines) is 1. The van der Waals surface area contributed by atoms with E-state index in [-0.39, 0.29) is 18.3 Å². The van der Waals surface area contributed by atoms with Crippen LogP contribution in [0.15, 0.2) is 18.2 Å². The number of piperidine rings is 1. The molecule has 0 unspecified atom stereocenters. The normalized spacial score (nSPS) is 16.1. The van der Waals surface area contributed by atoms with Crippen molar-refractivity contribution in [1.29, 1.82) is 0 Å². The number of nitrogens with two attached hydrogens (primary N) is 1. The average Bonchev–Trinajstić information content (AvgIpc) is 2.38. The molecule has 2 rings (SSSR count). The first-order valence-corrected chi connectivity index (χ1v) is 6.73. The van der Waals surface area contributed by atoms with E-state index in [1.54, 1.807) is 18.2 Å². The number of anilines is 1. The van der Waals surface area contributed by atoms with E-state index in [0.717, 1.165) is 32.5 Å². The van der Waals surface area contributed by atoms with Gasteiger partial charge in [-0.25, -0.2) is 4.98 Å². The molecule has 1 fully saturated rings. The Hall–Kier alpha value is -1.33. The lowest BCUT2D eigenvalue weighted by Crippen LogP contribution is -2.40. The lowest BCUT2D eigenvalue weighted by atomic mass is 9.96. The van der Waals surface area contributed by atoms with Crippen LogP contribution in [0.25, 0.3) is 0 Å². The average molecular weight is 299 g/mol. The van der Waals surface area contributed by atoms with Crippen molar-refractivity contribution < 1.29 is 4.79 Å². The molecule has 1 saturated heterocycles. The minimum absolute atomic E-state index is 0. The van der Waals surface area contributed by atoms with Crippen molar-refractivity contribution in [2.45, 2.75) is 12.8 Å². The van der Waals surface area contributed by atoms with Gasteiger partial charge in [-0.3, -0.25) is 4.79 Å². The van der Waals surface area contributed by atoms with Crippen molar-refractivity contribution in [1.82, 2.24) is 14.8 Å². The van der Waals surface area contributed by atoms with E-state index in [1.807, 2.05) is 4.90 Å². The van der Waals surface area contributed by atoms with E-state index in [1.165, 1.54) is 0 Å². The number of hydrogen-bond donors (Lipinski definition) is 1. The van der Waals surface area contributed by atoms with E-state index >= 15 is 0 Å². The molecule has 1 aromatic heterocycles. The molecule has 1 amide bonds. The van der Waals surface area contributed by atoms with Gasteiger partial charge in [0, 0.05) is 19.6 Å². The van der Waals surface area contributed by atoms with Crippen molar-refractivity contribution in [3.63, 3.8) is 0 Å². The van der Waals surface area contributed by atoms with Crippen LogP contribution < -0.4 is 5.73 Å². The number of rotatable bonds is 3. The third-order valence-corrected chi connectivity index (χ3v) is 3.51. The zero-order valence-corrected chi connectivity index (χ0v) is 12.9. The summed E-state index contributed by atoms with van der Waals surface area (Å²) in [5.41, 5.74) is 6.07. The molecule has 2 heterocycles. The molecule has 0 aliphatic carbocycles. The predicted molar refractivity (Wildman–Crippen MR) is 83.1 cm³/mol. The van der Waals surface area contributed by atoms with Gasteiger partial charge in [0.25, 0.3) is 5.91 Å². The molecular weight excluding hydrogens is 276 g/mol. The lowest BCUT2D eigenvalue weighted by molar-refractivity contribution is 0.0672. The number of pyridine rings is 1. The minimum atomic E-state index is -0.00407. The van der Waals surface area contributed by atoms with Crippen LogP contribution in [0, 0.1) is 5.92 Å². The summed E-state index contributed by atoms with van der Waals surface area (Å²) in [5.74, 6) is 1.08. The van der Waals surface area contributed by atoms with Crippen LogP contribution in [-0.4, -0.2) is 54.4 Å². The number of aromatic nitrogens is 1. The van der Waals surface area contributed by atoms with E-state index in [2.05, 4.69) is 24.0 Å². The van der Waals surface area contributed by atoms with Crippen LogP contribution in [0.5, 0.6) is 0 Å². The number of nitrogen functional groups attached to an aromatic ring is 1. The maximum atomic E-state index is 12.3. The summed E-state index contributed by atoms with van der Waals surface area (Å²) in [6.45, 7) is 2.72. The first-order valence-electron chi connectivity index (χ1n) is 6.73. The van der Waals surface area contributed by atoms with Gasteiger partial charge in [0.1, 0.15) is 11.5 Å². The highest BCUT2D eigenvalue weighted by atomic mass is 35.5. The molecule has 6 heteroatoms. The molecule has 1 aliphatic heterocycles. The third-order valence-electron chi connectivity index (χ3n) is 3.51. The standard InChI is InChI=1S/C14H22N4O.ClH/c1-17(2)10-11-6-8-18(9-7-11)14(19)12-4-3-5-13(15)16-12;/h3-5,11H,6-10H2,1-2H3,(H2,15,16);1H. The number of amides is 1. The molecule has 0 bridgehead atoms. The van der Waals surface area contributed by atoms with Gasteiger partial charge in [-0.2, -0.15) is 0 Å². The van der Waals surface area contributed by atoms with Crippen molar-refractivity contribution in [2.24, 2.45) is 5.92 Å². The van der Waals surface area contributed by atoms with Gasteiger partial charge >= 0.3 is 0 Å². The van der Waals surface area contributed by atoms with Crippen LogP contribution in [-0.2, 0) is 0 Å². The van der Waals surface area contributed by atoms with Gasteiger partial charge in [0.05, 0.1) is 0 Å². The molecule has 1 aliphatic rings. The summed E-state index contributed by atoms with van der Waals surface area (Å²) >= 11 is 0. The molecule has 1 aromatic rings. The summed E-state index contributed by atoms with van der Waals surface area (Å²) in [6, 6.07) is 5.19. The van der Waals surface area contributed by atoms with Crippen LogP contribution in [0.1, 0.15) is 23.3 Å². The minimum Gasteiger partial charge on any atom is -0.384 e. The summed E-state index contributed by atoms with van der Waals surface area (Å²) in [5, 5.41) is 0. The molecular formula is C14H23ClN4O. The number of carbonyl (C=O) groups excluding carboxylic acids is 1. The Morgan fingerprint density at radius 2 is 2.05 bits per heavy atom. The van der Waals surface area contributed by atoms with Gasteiger partial charge in [0.15, 0.2) is 0 Å². The Bertz CT molecular complexity index is 445. The quantitative estimate of drug-likeness (QED) is 0.918. The SMILES string of the molecule is CN(C)CC1CCN(C(=O)c2cccc(N)n2)CC1.Cl. The summed E-state index contributed by atoms with van der Waals surface area (Å²) in [7, 11) is 4.18. The van der Waals surface area contributed by atoms with E-state index in [0.29, 0.717) is 17.4 Å². The second-order valence-corrected chi connectivity index (χ2v) is 5.45.